The van der Waals surface area contributed by atoms with Gasteiger partial charge >= 0.3 is 0 Å². The van der Waals surface area contributed by atoms with Gasteiger partial charge in [0.2, 0.25) is 10.0 Å². The van der Waals surface area contributed by atoms with E-state index in [1.165, 1.54) is 9.87 Å². The van der Waals surface area contributed by atoms with E-state index in [-0.39, 0.29) is 9.92 Å². The SMILES string of the molecule is Cc1cc(Cl)c(C)c(S(=O)(=O)N2CCN(Cc3ccncc3)CC2)c1Cl. The molecule has 1 aromatic carbocycles. The minimum atomic E-state index is -3.68. The van der Waals surface area contributed by atoms with Crippen molar-refractivity contribution < 1.29 is 8.42 Å². The number of pyridine rings is 1. The van der Waals surface area contributed by atoms with Crippen LogP contribution in [0.25, 0.3) is 0 Å². The van der Waals surface area contributed by atoms with Crippen molar-refractivity contribution in [3.8, 4) is 0 Å². The van der Waals surface area contributed by atoms with E-state index >= 15 is 0 Å². The lowest BCUT2D eigenvalue weighted by atomic mass is 10.2. The number of hydrogen-bond acceptors (Lipinski definition) is 4. The molecule has 0 amide bonds. The predicted molar refractivity (Wildman–Crippen MR) is 104 cm³/mol. The highest BCUT2D eigenvalue weighted by Gasteiger charge is 2.32. The Labute approximate surface area is 164 Å². The summed E-state index contributed by atoms with van der Waals surface area (Å²) in [7, 11) is -3.68. The van der Waals surface area contributed by atoms with Crippen molar-refractivity contribution in [1.29, 1.82) is 0 Å². The first-order chi connectivity index (χ1) is 12.3. The molecule has 1 saturated heterocycles. The van der Waals surface area contributed by atoms with E-state index in [0.717, 1.165) is 6.54 Å². The topological polar surface area (TPSA) is 53.5 Å². The summed E-state index contributed by atoms with van der Waals surface area (Å²) in [6.45, 7) is 6.42. The molecule has 1 aliphatic heterocycles. The lowest BCUT2D eigenvalue weighted by molar-refractivity contribution is 0.181. The average molecular weight is 414 g/mol. The van der Waals surface area contributed by atoms with Crippen LogP contribution < -0.4 is 0 Å². The number of nitrogens with zero attached hydrogens (tertiary/aromatic N) is 3. The summed E-state index contributed by atoms with van der Waals surface area (Å²) in [5, 5.41) is 0.674. The van der Waals surface area contributed by atoms with Crippen molar-refractivity contribution in [2.24, 2.45) is 0 Å². The molecule has 0 radical (unpaired) electrons. The zero-order valence-corrected chi connectivity index (χ0v) is 17.1. The zero-order chi connectivity index (χ0) is 18.9. The molecule has 26 heavy (non-hydrogen) atoms. The molecule has 0 bridgehead atoms. The molecular formula is C18H21Cl2N3O2S. The van der Waals surface area contributed by atoms with Gasteiger partial charge < -0.3 is 0 Å². The Hall–Kier alpha value is -1.18. The van der Waals surface area contributed by atoms with E-state index in [4.69, 9.17) is 23.2 Å². The maximum atomic E-state index is 13.2. The molecule has 0 N–H and O–H groups in total. The maximum Gasteiger partial charge on any atom is 0.244 e. The van der Waals surface area contributed by atoms with Gasteiger partial charge in [-0.3, -0.25) is 9.88 Å². The molecule has 2 aromatic rings. The van der Waals surface area contributed by atoms with E-state index in [1.54, 1.807) is 32.3 Å². The monoisotopic (exact) mass is 413 g/mol. The molecule has 1 aliphatic rings. The minimum absolute atomic E-state index is 0.131. The first-order valence-electron chi connectivity index (χ1n) is 8.37. The van der Waals surface area contributed by atoms with Crippen LogP contribution in [-0.2, 0) is 16.6 Å². The van der Waals surface area contributed by atoms with Crippen molar-refractivity contribution in [2.75, 3.05) is 26.2 Å². The van der Waals surface area contributed by atoms with Gasteiger partial charge in [-0.15, -0.1) is 0 Å². The molecule has 0 spiro atoms. The van der Waals surface area contributed by atoms with E-state index in [2.05, 4.69) is 9.88 Å². The lowest BCUT2D eigenvalue weighted by Gasteiger charge is -2.34. The second-order valence-electron chi connectivity index (χ2n) is 6.48. The fraction of sp³-hybridized carbons (Fsp3) is 0.389. The largest absolute Gasteiger partial charge is 0.296 e. The summed E-state index contributed by atoms with van der Waals surface area (Å²) in [5.41, 5.74) is 2.33. The van der Waals surface area contributed by atoms with Crippen molar-refractivity contribution >= 4 is 33.2 Å². The summed E-state index contributed by atoms with van der Waals surface area (Å²) in [6.07, 6.45) is 3.53. The number of halogens is 2. The number of sulfonamides is 1. The van der Waals surface area contributed by atoms with Crippen LogP contribution in [0.5, 0.6) is 0 Å². The molecule has 0 saturated carbocycles. The number of rotatable bonds is 4. The third kappa shape index (κ3) is 3.89. The van der Waals surface area contributed by atoms with Gasteiger partial charge in [-0.1, -0.05) is 23.2 Å². The molecule has 0 aliphatic carbocycles. The van der Waals surface area contributed by atoms with Gasteiger partial charge in [-0.05, 0) is 48.7 Å². The van der Waals surface area contributed by atoms with Crippen molar-refractivity contribution in [2.45, 2.75) is 25.3 Å². The van der Waals surface area contributed by atoms with E-state index in [0.29, 0.717) is 42.3 Å². The fourth-order valence-electron chi connectivity index (χ4n) is 3.12. The van der Waals surface area contributed by atoms with E-state index in [1.807, 2.05) is 12.1 Å². The Kier molecular flexibility index (Phi) is 5.89. The average Bonchev–Trinajstić information content (AvgIpc) is 2.61. The van der Waals surface area contributed by atoms with Crippen molar-refractivity contribution in [3.05, 3.63) is 57.3 Å². The number of piperazine rings is 1. The summed E-state index contributed by atoms with van der Waals surface area (Å²) >= 11 is 12.5. The van der Waals surface area contributed by atoms with Crippen LogP contribution in [0.1, 0.15) is 16.7 Å². The van der Waals surface area contributed by atoms with Gasteiger partial charge in [-0.25, -0.2) is 8.42 Å². The third-order valence-electron chi connectivity index (χ3n) is 4.67. The Morgan fingerprint density at radius 3 is 2.31 bits per heavy atom. The number of aromatic nitrogens is 1. The molecule has 2 heterocycles. The molecule has 1 aromatic heterocycles. The molecule has 0 unspecified atom stereocenters. The summed E-state index contributed by atoms with van der Waals surface area (Å²) in [6, 6.07) is 5.65. The molecule has 140 valence electrons. The molecule has 5 nitrogen and oxygen atoms in total. The summed E-state index contributed by atoms with van der Waals surface area (Å²) < 4.78 is 27.8. The Morgan fingerprint density at radius 2 is 1.69 bits per heavy atom. The Bertz CT molecular complexity index is 870. The normalized spacial score (nSPS) is 16.8. The first-order valence-corrected chi connectivity index (χ1v) is 10.6. The van der Waals surface area contributed by atoms with Crippen LogP contribution in [0, 0.1) is 13.8 Å². The quantitative estimate of drug-likeness (QED) is 0.769. The number of aryl methyl sites for hydroxylation is 1. The Morgan fingerprint density at radius 1 is 1.08 bits per heavy atom. The highest BCUT2D eigenvalue weighted by atomic mass is 35.5. The van der Waals surface area contributed by atoms with Gasteiger partial charge in [-0.2, -0.15) is 4.31 Å². The molecule has 3 rings (SSSR count). The highest BCUT2D eigenvalue weighted by Crippen LogP contribution is 2.35. The predicted octanol–water partition coefficient (Wildman–Crippen LogP) is 3.51. The van der Waals surface area contributed by atoms with Gasteiger partial charge in [0.1, 0.15) is 4.90 Å². The number of benzene rings is 1. The van der Waals surface area contributed by atoms with Gasteiger partial charge in [0.05, 0.1) is 5.02 Å². The van der Waals surface area contributed by atoms with E-state index in [9.17, 15) is 8.42 Å². The zero-order valence-electron chi connectivity index (χ0n) is 14.7. The fourth-order valence-corrected chi connectivity index (χ4v) is 5.71. The molecule has 0 atom stereocenters. The smallest absolute Gasteiger partial charge is 0.244 e. The highest BCUT2D eigenvalue weighted by molar-refractivity contribution is 7.89. The third-order valence-corrected chi connectivity index (χ3v) is 7.74. The Balaban J connectivity index is 1.77. The second-order valence-corrected chi connectivity index (χ2v) is 9.14. The standard InChI is InChI=1S/C18H21Cl2N3O2S/c1-13-11-16(19)14(2)18(17(13)20)26(24,25)23-9-7-22(8-10-23)12-15-3-5-21-6-4-15/h3-6,11H,7-10,12H2,1-2H3. The minimum Gasteiger partial charge on any atom is -0.296 e. The van der Waals surface area contributed by atoms with Gasteiger partial charge in [0.25, 0.3) is 0 Å². The van der Waals surface area contributed by atoms with Crippen LogP contribution in [0.4, 0.5) is 0 Å². The lowest BCUT2D eigenvalue weighted by Crippen LogP contribution is -2.48. The number of hydrogen-bond donors (Lipinski definition) is 0. The second kappa shape index (κ2) is 7.82. The maximum absolute atomic E-state index is 13.2. The summed E-state index contributed by atoms with van der Waals surface area (Å²) in [5.74, 6) is 0. The van der Waals surface area contributed by atoms with Gasteiger partial charge in [0.15, 0.2) is 0 Å². The van der Waals surface area contributed by atoms with E-state index < -0.39 is 10.0 Å². The van der Waals surface area contributed by atoms with Crippen molar-refractivity contribution in [3.63, 3.8) is 0 Å². The molecule has 1 fully saturated rings. The molecule has 8 heteroatoms. The van der Waals surface area contributed by atoms with Crippen LogP contribution in [0.2, 0.25) is 10.0 Å². The van der Waals surface area contributed by atoms with Crippen LogP contribution in [0.3, 0.4) is 0 Å². The summed E-state index contributed by atoms with van der Waals surface area (Å²) in [4.78, 5) is 6.38. The van der Waals surface area contributed by atoms with Crippen molar-refractivity contribution in [1.82, 2.24) is 14.2 Å². The first kappa shape index (κ1) is 19.6. The van der Waals surface area contributed by atoms with Crippen LogP contribution >= 0.6 is 23.2 Å². The molecular weight excluding hydrogens is 393 g/mol. The van der Waals surface area contributed by atoms with Crippen LogP contribution in [-0.4, -0.2) is 48.8 Å². The van der Waals surface area contributed by atoms with Crippen LogP contribution in [0.15, 0.2) is 35.5 Å². The van der Waals surface area contributed by atoms with Gasteiger partial charge in [0, 0.05) is 50.1 Å².